The van der Waals surface area contributed by atoms with E-state index in [0.717, 1.165) is 22.3 Å². The van der Waals surface area contributed by atoms with Crippen LogP contribution in [-0.2, 0) is 9.53 Å². The number of fused-ring (bicyclic) bond motifs is 3. The van der Waals surface area contributed by atoms with E-state index in [1.165, 1.54) is 12.1 Å². The van der Waals surface area contributed by atoms with Gasteiger partial charge in [0.15, 0.2) is 0 Å². The standard InChI is InChI=1S/C26H24N2O5/c1-15-13-17(11-12-18(15)25(30)31)28-24(29)16(2)27-26(32)33-14-23-21-9-5-3-7-19(21)20-8-4-6-10-22(20)23/h3-13,16,23H,14H2,1-2H3,(H,27,32)(H,28,29)(H,30,31). The monoisotopic (exact) mass is 444 g/mol. The molecule has 2 amide bonds. The molecule has 1 unspecified atom stereocenters. The van der Waals surface area contributed by atoms with Gasteiger partial charge in [0.1, 0.15) is 12.6 Å². The third-order valence-electron chi connectivity index (χ3n) is 5.80. The first-order valence-electron chi connectivity index (χ1n) is 10.6. The molecule has 1 aliphatic rings. The number of anilines is 1. The van der Waals surface area contributed by atoms with Crippen LogP contribution >= 0.6 is 0 Å². The summed E-state index contributed by atoms with van der Waals surface area (Å²) in [5.41, 5.74) is 5.63. The highest BCUT2D eigenvalue weighted by Gasteiger charge is 2.29. The smallest absolute Gasteiger partial charge is 0.407 e. The number of alkyl carbamates (subject to hydrolysis) is 1. The summed E-state index contributed by atoms with van der Waals surface area (Å²) in [5.74, 6) is -1.54. The molecular weight excluding hydrogens is 420 g/mol. The molecule has 0 spiro atoms. The van der Waals surface area contributed by atoms with Crippen LogP contribution in [0.5, 0.6) is 0 Å². The first-order chi connectivity index (χ1) is 15.8. The number of carboxylic acid groups (broad SMARTS) is 1. The van der Waals surface area contributed by atoms with E-state index in [4.69, 9.17) is 9.84 Å². The second kappa shape index (κ2) is 9.16. The molecule has 0 saturated carbocycles. The van der Waals surface area contributed by atoms with Crippen LogP contribution in [0.1, 0.15) is 39.9 Å². The third kappa shape index (κ3) is 4.57. The molecule has 0 aliphatic heterocycles. The molecule has 0 saturated heterocycles. The van der Waals surface area contributed by atoms with Gasteiger partial charge in [0, 0.05) is 11.6 Å². The lowest BCUT2D eigenvalue weighted by Crippen LogP contribution is -2.42. The minimum absolute atomic E-state index is 0.0667. The average Bonchev–Trinajstić information content (AvgIpc) is 3.11. The number of hydrogen-bond donors (Lipinski definition) is 3. The molecule has 7 heteroatoms. The van der Waals surface area contributed by atoms with Gasteiger partial charge in [-0.2, -0.15) is 0 Å². The Hall–Kier alpha value is -4.13. The lowest BCUT2D eigenvalue weighted by atomic mass is 9.98. The fraction of sp³-hybridized carbons (Fsp3) is 0.192. The van der Waals surface area contributed by atoms with Crippen LogP contribution in [0, 0.1) is 6.92 Å². The number of rotatable bonds is 6. The highest BCUT2D eigenvalue weighted by Crippen LogP contribution is 2.44. The Kier molecular flexibility index (Phi) is 6.13. The molecule has 3 N–H and O–H groups in total. The zero-order valence-corrected chi connectivity index (χ0v) is 18.3. The van der Waals surface area contributed by atoms with Crippen LogP contribution in [0.2, 0.25) is 0 Å². The molecule has 1 aliphatic carbocycles. The quantitative estimate of drug-likeness (QED) is 0.517. The van der Waals surface area contributed by atoms with Gasteiger partial charge in [0.05, 0.1) is 5.56 Å². The van der Waals surface area contributed by atoms with Crippen LogP contribution in [-0.4, -0.2) is 35.7 Å². The largest absolute Gasteiger partial charge is 0.478 e. The van der Waals surface area contributed by atoms with Crippen LogP contribution in [0.3, 0.4) is 0 Å². The van der Waals surface area contributed by atoms with Crippen molar-refractivity contribution in [1.82, 2.24) is 5.32 Å². The molecule has 0 aromatic heterocycles. The summed E-state index contributed by atoms with van der Waals surface area (Å²) >= 11 is 0. The second-order valence-electron chi connectivity index (χ2n) is 8.02. The van der Waals surface area contributed by atoms with Gasteiger partial charge in [0.2, 0.25) is 5.91 Å². The van der Waals surface area contributed by atoms with Gasteiger partial charge in [-0.25, -0.2) is 9.59 Å². The average molecular weight is 444 g/mol. The lowest BCUT2D eigenvalue weighted by Gasteiger charge is -2.17. The molecule has 0 radical (unpaired) electrons. The normalized spacial score (nSPS) is 12.9. The van der Waals surface area contributed by atoms with Crippen LogP contribution in [0.25, 0.3) is 11.1 Å². The van der Waals surface area contributed by atoms with E-state index in [9.17, 15) is 14.4 Å². The summed E-state index contributed by atoms with van der Waals surface area (Å²) in [6.07, 6.45) is -0.683. The molecule has 33 heavy (non-hydrogen) atoms. The first-order valence-corrected chi connectivity index (χ1v) is 10.6. The number of amides is 2. The molecule has 0 bridgehead atoms. The van der Waals surface area contributed by atoms with Crippen molar-refractivity contribution in [3.05, 3.63) is 89.0 Å². The molecule has 4 rings (SSSR count). The van der Waals surface area contributed by atoms with Crippen LogP contribution in [0.4, 0.5) is 10.5 Å². The summed E-state index contributed by atoms with van der Waals surface area (Å²) in [6.45, 7) is 3.36. The Balaban J connectivity index is 1.35. The van der Waals surface area contributed by atoms with E-state index < -0.39 is 24.0 Å². The lowest BCUT2D eigenvalue weighted by molar-refractivity contribution is -0.117. The minimum Gasteiger partial charge on any atom is -0.478 e. The minimum atomic E-state index is -1.03. The van der Waals surface area contributed by atoms with Gasteiger partial charge in [-0.15, -0.1) is 0 Å². The maximum atomic E-state index is 12.5. The fourth-order valence-corrected chi connectivity index (χ4v) is 4.11. The number of carbonyl (C=O) groups is 3. The molecule has 7 nitrogen and oxygen atoms in total. The number of carboxylic acids is 1. The van der Waals surface area contributed by atoms with Gasteiger partial charge in [-0.05, 0) is 59.9 Å². The van der Waals surface area contributed by atoms with E-state index in [2.05, 4.69) is 22.8 Å². The maximum absolute atomic E-state index is 12.5. The van der Waals surface area contributed by atoms with Gasteiger partial charge in [-0.3, -0.25) is 4.79 Å². The van der Waals surface area contributed by atoms with E-state index in [0.29, 0.717) is 11.3 Å². The van der Waals surface area contributed by atoms with Gasteiger partial charge < -0.3 is 20.5 Å². The maximum Gasteiger partial charge on any atom is 0.407 e. The zero-order valence-electron chi connectivity index (χ0n) is 18.3. The Labute approximate surface area is 191 Å². The predicted octanol–water partition coefficient (Wildman–Crippen LogP) is 4.56. The first kappa shape index (κ1) is 22.1. The number of aryl methyl sites for hydroxylation is 1. The van der Waals surface area contributed by atoms with E-state index in [1.54, 1.807) is 19.9 Å². The Morgan fingerprint density at radius 3 is 2.15 bits per heavy atom. The van der Waals surface area contributed by atoms with Crippen molar-refractivity contribution in [3.63, 3.8) is 0 Å². The summed E-state index contributed by atoms with van der Waals surface area (Å²) in [7, 11) is 0. The molecule has 0 fully saturated rings. The molecule has 0 heterocycles. The van der Waals surface area contributed by atoms with E-state index in [1.807, 2.05) is 36.4 Å². The van der Waals surface area contributed by atoms with Gasteiger partial charge >= 0.3 is 12.1 Å². The molecular formula is C26H24N2O5. The Bertz CT molecular complexity index is 1190. The summed E-state index contributed by atoms with van der Waals surface area (Å²) in [4.78, 5) is 36.0. The third-order valence-corrected chi connectivity index (χ3v) is 5.80. The van der Waals surface area contributed by atoms with Crippen LogP contribution in [0.15, 0.2) is 66.7 Å². The zero-order chi connectivity index (χ0) is 23.5. The van der Waals surface area contributed by atoms with E-state index in [-0.39, 0.29) is 18.1 Å². The molecule has 3 aromatic rings. The van der Waals surface area contributed by atoms with Gasteiger partial charge in [-0.1, -0.05) is 48.5 Å². The number of ether oxygens (including phenoxy) is 1. The molecule has 168 valence electrons. The highest BCUT2D eigenvalue weighted by atomic mass is 16.5. The van der Waals surface area contributed by atoms with Crippen molar-refractivity contribution in [2.75, 3.05) is 11.9 Å². The number of aromatic carboxylic acids is 1. The number of benzene rings is 3. The predicted molar refractivity (Wildman–Crippen MR) is 124 cm³/mol. The summed E-state index contributed by atoms with van der Waals surface area (Å²) < 4.78 is 5.48. The van der Waals surface area contributed by atoms with Crippen molar-refractivity contribution < 1.29 is 24.2 Å². The van der Waals surface area contributed by atoms with Crippen molar-refractivity contribution in [2.24, 2.45) is 0 Å². The van der Waals surface area contributed by atoms with Crippen LogP contribution < -0.4 is 10.6 Å². The van der Waals surface area contributed by atoms with Crippen molar-refractivity contribution >= 4 is 23.7 Å². The highest BCUT2D eigenvalue weighted by molar-refractivity contribution is 5.97. The number of nitrogens with one attached hydrogen (secondary N) is 2. The molecule has 1 atom stereocenters. The topological polar surface area (TPSA) is 105 Å². The number of hydrogen-bond acceptors (Lipinski definition) is 4. The summed E-state index contributed by atoms with van der Waals surface area (Å²) in [6, 6.07) is 19.8. The van der Waals surface area contributed by atoms with E-state index >= 15 is 0 Å². The summed E-state index contributed by atoms with van der Waals surface area (Å²) in [5, 5.41) is 14.3. The van der Waals surface area contributed by atoms with Crippen molar-refractivity contribution in [1.29, 1.82) is 0 Å². The Morgan fingerprint density at radius 1 is 0.970 bits per heavy atom. The SMILES string of the molecule is Cc1cc(NC(=O)C(C)NC(=O)OCC2c3ccccc3-c3ccccc32)ccc1C(=O)O. The number of carbonyl (C=O) groups excluding carboxylic acids is 2. The fourth-order valence-electron chi connectivity index (χ4n) is 4.11. The van der Waals surface area contributed by atoms with Crippen molar-refractivity contribution in [3.8, 4) is 11.1 Å². The second-order valence-corrected chi connectivity index (χ2v) is 8.02. The molecule has 3 aromatic carbocycles. The van der Waals surface area contributed by atoms with Gasteiger partial charge in [0.25, 0.3) is 0 Å². The van der Waals surface area contributed by atoms with Crippen molar-refractivity contribution in [2.45, 2.75) is 25.8 Å². The Morgan fingerprint density at radius 2 is 1.58 bits per heavy atom.